The summed E-state index contributed by atoms with van der Waals surface area (Å²) < 4.78 is 24.2. The smallest absolute Gasteiger partial charge is 0.199 e. The average molecular weight is 381 g/mol. The molecule has 0 saturated carbocycles. The Bertz CT molecular complexity index is 832. The lowest BCUT2D eigenvalue weighted by atomic mass is 10.2. The minimum Gasteiger partial charge on any atom is -0.368 e. The fourth-order valence-corrected chi connectivity index (χ4v) is 3.82. The third-order valence-electron chi connectivity index (χ3n) is 4.32. The van der Waals surface area contributed by atoms with E-state index in [1.54, 1.807) is 26.0 Å². The Balaban J connectivity index is 1.67. The van der Waals surface area contributed by atoms with E-state index in [9.17, 15) is 8.42 Å². The largest absolute Gasteiger partial charge is 0.368 e. The van der Waals surface area contributed by atoms with Crippen LogP contribution in [0.3, 0.4) is 0 Å². The second-order valence-electron chi connectivity index (χ2n) is 6.28. The third-order valence-corrected chi connectivity index (χ3v) is 6.59. The van der Waals surface area contributed by atoms with E-state index in [4.69, 9.17) is 11.6 Å². The maximum Gasteiger partial charge on any atom is 0.199 e. The highest BCUT2D eigenvalue weighted by molar-refractivity contribution is 7.91. The molecular formula is C17H21ClN4O2S. The molecule has 0 amide bonds. The summed E-state index contributed by atoms with van der Waals surface area (Å²) in [7, 11) is -3.39. The maximum absolute atomic E-state index is 12.1. The van der Waals surface area contributed by atoms with Crippen molar-refractivity contribution in [3.63, 3.8) is 0 Å². The van der Waals surface area contributed by atoms with Crippen LogP contribution in [0.1, 0.15) is 13.8 Å². The lowest BCUT2D eigenvalue weighted by molar-refractivity contribution is 0.580. The Hall–Kier alpha value is -1.86. The van der Waals surface area contributed by atoms with E-state index in [0.29, 0.717) is 5.82 Å². The number of nitrogens with zero attached hydrogens (tertiary/aromatic N) is 4. The lowest BCUT2D eigenvalue weighted by Gasteiger charge is -2.36. The zero-order chi connectivity index (χ0) is 18.0. The molecule has 25 heavy (non-hydrogen) atoms. The Labute approximate surface area is 153 Å². The number of hydrogen-bond acceptors (Lipinski definition) is 6. The van der Waals surface area contributed by atoms with Crippen molar-refractivity contribution in [2.24, 2.45) is 0 Å². The summed E-state index contributed by atoms with van der Waals surface area (Å²) in [6, 6.07) is 11.1. The minimum atomic E-state index is -3.39. The summed E-state index contributed by atoms with van der Waals surface area (Å²) in [6.07, 6.45) is 0. The van der Waals surface area contributed by atoms with Gasteiger partial charge in [0, 0.05) is 36.9 Å². The summed E-state index contributed by atoms with van der Waals surface area (Å²) in [5.74, 6) is 0.702. The van der Waals surface area contributed by atoms with Gasteiger partial charge in [-0.05, 0) is 44.2 Å². The van der Waals surface area contributed by atoms with Crippen molar-refractivity contribution < 1.29 is 8.42 Å². The van der Waals surface area contributed by atoms with E-state index in [1.807, 2.05) is 24.3 Å². The van der Waals surface area contributed by atoms with Gasteiger partial charge in [-0.1, -0.05) is 17.7 Å². The highest BCUT2D eigenvalue weighted by atomic mass is 35.5. The van der Waals surface area contributed by atoms with Crippen molar-refractivity contribution in [2.45, 2.75) is 24.1 Å². The number of anilines is 2. The van der Waals surface area contributed by atoms with Crippen LogP contribution in [0.25, 0.3) is 0 Å². The van der Waals surface area contributed by atoms with Crippen LogP contribution in [0.15, 0.2) is 41.4 Å². The van der Waals surface area contributed by atoms with Crippen LogP contribution in [0.4, 0.5) is 11.5 Å². The van der Waals surface area contributed by atoms with Gasteiger partial charge >= 0.3 is 0 Å². The second-order valence-corrected chi connectivity index (χ2v) is 9.17. The Morgan fingerprint density at radius 3 is 2.24 bits per heavy atom. The number of sulfone groups is 1. The molecule has 1 fully saturated rings. The molecule has 0 aliphatic carbocycles. The molecule has 1 aliphatic heterocycles. The summed E-state index contributed by atoms with van der Waals surface area (Å²) in [5, 5.41) is 8.30. The molecule has 0 N–H and O–H groups in total. The van der Waals surface area contributed by atoms with Gasteiger partial charge in [-0.3, -0.25) is 0 Å². The van der Waals surface area contributed by atoms with E-state index in [0.717, 1.165) is 36.9 Å². The SMILES string of the molecule is CC(C)S(=O)(=O)c1ccc(N2CCN(c3cccc(Cl)c3)CC2)nn1. The van der Waals surface area contributed by atoms with Gasteiger partial charge in [0.05, 0.1) is 5.25 Å². The summed E-state index contributed by atoms with van der Waals surface area (Å²) in [6.45, 7) is 6.54. The van der Waals surface area contributed by atoms with Crippen molar-refractivity contribution in [1.82, 2.24) is 10.2 Å². The van der Waals surface area contributed by atoms with Crippen molar-refractivity contribution in [3.8, 4) is 0 Å². The van der Waals surface area contributed by atoms with Crippen LogP contribution in [0.5, 0.6) is 0 Å². The third kappa shape index (κ3) is 3.88. The zero-order valence-electron chi connectivity index (χ0n) is 14.3. The fraction of sp³-hybridized carbons (Fsp3) is 0.412. The van der Waals surface area contributed by atoms with Gasteiger partial charge in [0.2, 0.25) is 0 Å². The van der Waals surface area contributed by atoms with Crippen molar-refractivity contribution in [2.75, 3.05) is 36.0 Å². The highest BCUT2D eigenvalue weighted by Gasteiger charge is 2.23. The highest BCUT2D eigenvalue weighted by Crippen LogP contribution is 2.22. The van der Waals surface area contributed by atoms with Crippen LogP contribution in [-0.4, -0.2) is 50.0 Å². The van der Waals surface area contributed by atoms with Gasteiger partial charge in [-0.2, -0.15) is 0 Å². The van der Waals surface area contributed by atoms with Gasteiger partial charge in [-0.25, -0.2) is 8.42 Å². The molecule has 1 aromatic heterocycles. The van der Waals surface area contributed by atoms with E-state index < -0.39 is 15.1 Å². The predicted molar refractivity (Wildman–Crippen MR) is 100 cm³/mol. The number of aromatic nitrogens is 2. The van der Waals surface area contributed by atoms with Gasteiger partial charge < -0.3 is 9.80 Å². The molecule has 0 radical (unpaired) electrons. The standard InChI is InChI=1S/C17H21ClN4O2S/c1-13(2)25(23,24)17-7-6-16(19-20-17)22-10-8-21(9-11-22)15-5-3-4-14(18)12-15/h3-7,12-13H,8-11H2,1-2H3. The number of hydrogen-bond donors (Lipinski definition) is 0. The van der Waals surface area contributed by atoms with Crippen LogP contribution in [0, 0.1) is 0 Å². The van der Waals surface area contributed by atoms with Crippen LogP contribution >= 0.6 is 11.6 Å². The lowest BCUT2D eigenvalue weighted by Crippen LogP contribution is -2.46. The molecule has 8 heteroatoms. The monoisotopic (exact) mass is 380 g/mol. The molecule has 2 heterocycles. The van der Waals surface area contributed by atoms with Crippen molar-refractivity contribution >= 4 is 32.9 Å². The molecule has 134 valence electrons. The van der Waals surface area contributed by atoms with Gasteiger partial charge in [0.15, 0.2) is 20.7 Å². The van der Waals surface area contributed by atoms with Crippen molar-refractivity contribution in [1.29, 1.82) is 0 Å². The summed E-state index contributed by atoms with van der Waals surface area (Å²) in [5.41, 5.74) is 1.11. The first kappa shape index (κ1) is 17.9. The van der Waals surface area contributed by atoms with Gasteiger partial charge in [0.25, 0.3) is 0 Å². The van der Waals surface area contributed by atoms with Crippen LogP contribution < -0.4 is 9.80 Å². The van der Waals surface area contributed by atoms with Crippen molar-refractivity contribution in [3.05, 3.63) is 41.4 Å². The maximum atomic E-state index is 12.1. The molecule has 1 aromatic carbocycles. The topological polar surface area (TPSA) is 66.4 Å². The summed E-state index contributed by atoms with van der Waals surface area (Å²) >= 11 is 6.06. The molecule has 6 nitrogen and oxygen atoms in total. The Kier molecular flexibility index (Phi) is 5.15. The number of benzene rings is 1. The molecule has 2 aromatic rings. The summed E-state index contributed by atoms with van der Waals surface area (Å²) in [4.78, 5) is 4.38. The van der Waals surface area contributed by atoms with E-state index in [2.05, 4.69) is 20.0 Å². The first-order valence-corrected chi connectivity index (χ1v) is 10.1. The molecule has 0 unspecified atom stereocenters. The molecule has 0 bridgehead atoms. The molecule has 3 rings (SSSR count). The molecule has 0 spiro atoms. The van der Waals surface area contributed by atoms with Gasteiger partial charge in [-0.15, -0.1) is 10.2 Å². The predicted octanol–water partition coefficient (Wildman–Crippen LogP) is 2.64. The normalized spacial score (nSPS) is 15.7. The fourth-order valence-electron chi connectivity index (χ4n) is 2.74. The van der Waals surface area contributed by atoms with Gasteiger partial charge in [0.1, 0.15) is 0 Å². The van der Waals surface area contributed by atoms with E-state index in [1.165, 1.54) is 0 Å². The van der Waals surface area contributed by atoms with Crippen LogP contribution in [-0.2, 0) is 9.84 Å². The first-order chi connectivity index (χ1) is 11.9. The average Bonchev–Trinajstić information content (AvgIpc) is 2.62. The quantitative estimate of drug-likeness (QED) is 0.812. The Morgan fingerprint density at radius 1 is 1.00 bits per heavy atom. The molecular weight excluding hydrogens is 360 g/mol. The number of piperazine rings is 1. The first-order valence-electron chi connectivity index (χ1n) is 8.21. The second kappa shape index (κ2) is 7.17. The Morgan fingerprint density at radius 2 is 1.68 bits per heavy atom. The van der Waals surface area contributed by atoms with Crippen LogP contribution in [0.2, 0.25) is 5.02 Å². The zero-order valence-corrected chi connectivity index (χ0v) is 15.8. The van der Waals surface area contributed by atoms with E-state index in [-0.39, 0.29) is 5.03 Å². The number of rotatable bonds is 4. The molecule has 1 aliphatic rings. The minimum absolute atomic E-state index is 0.0313. The van der Waals surface area contributed by atoms with E-state index >= 15 is 0 Å². The molecule has 1 saturated heterocycles. The molecule has 0 atom stereocenters. The number of halogens is 1.